The van der Waals surface area contributed by atoms with Gasteiger partial charge in [-0.05, 0) is 35.7 Å². The Hall–Kier alpha value is -2.27. The largest absolute Gasteiger partial charge is 0.340 e. The molecule has 1 aromatic carbocycles. The zero-order valence-electron chi connectivity index (χ0n) is 11.6. The molecular formula is C16H14N4S. The lowest BCUT2D eigenvalue weighted by molar-refractivity contribution is 1.04. The molecule has 4 rings (SSSR count). The Kier molecular flexibility index (Phi) is 2.93. The van der Waals surface area contributed by atoms with Crippen molar-refractivity contribution in [2.24, 2.45) is 0 Å². The number of benzene rings is 1. The van der Waals surface area contributed by atoms with Crippen LogP contribution >= 0.6 is 11.3 Å². The van der Waals surface area contributed by atoms with Gasteiger partial charge in [0.15, 0.2) is 5.65 Å². The minimum absolute atomic E-state index is 0.783. The summed E-state index contributed by atoms with van der Waals surface area (Å²) in [6, 6.07) is 8.49. The topological polar surface area (TPSA) is 54.5 Å². The van der Waals surface area contributed by atoms with Crippen molar-refractivity contribution in [2.45, 2.75) is 19.8 Å². The summed E-state index contributed by atoms with van der Waals surface area (Å²) >= 11 is 1.67. The monoisotopic (exact) mass is 294 g/mol. The second-order valence-corrected chi connectivity index (χ2v) is 5.97. The number of H-pyrrole nitrogens is 1. The number of hydrogen-bond acceptors (Lipinski definition) is 4. The van der Waals surface area contributed by atoms with Gasteiger partial charge in [0, 0.05) is 12.6 Å². The van der Waals surface area contributed by atoms with E-state index in [0.29, 0.717) is 0 Å². The third-order valence-electron chi connectivity index (χ3n) is 3.62. The third kappa shape index (κ3) is 2.29. The van der Waals surface area contributed by atoms with Crippen LogP contribution in [0.1, 0.15) is 23.9 Å². The van der Waals surface area contributed by atoms with Crippen LogP contribution in [0.25, 0.3) is 21.4 Å². The molecular weight excluding hydrogens is 280 g/mol. The predicted octanol–water partition coefficient (Wildman–Crippen LogP) is 3.72. The molecule has 0 aliphatic heterocycles. The van der Waals surface area contributed by atoms with Crippen LogP contribution < -0.4 is 0 Å². The van der Waals surface area contributed by atoms with Crippen LogP contribution in [0, 0.1) is 0 Å². The molecule has 0 unspecified atom stereocenters. The number of imidazole rings is 1. The van der Waals surface area contributed by atoms with Gasteiger partial charge in [0.1, 0.15) is 5.82 Å². The van der Waals surface area contributed by atoms with Gasteiger partial charge in [-0.3, -0.25) is 0 Å². The Bertz CT molecular complexity index is 922. The first-order valence-electron chi connectivity index (χ1n) is 6.97. The Morgan fingerprint density at radius 2 is 2.10 bits per heavy atom. The summed E-state index contributed by atoms with van der Waals surface area (Å²) in [5.74, 6) is 0.953. The summed E-state index contributed by atoms with van der Waals surface area (Å²) in [6.45, 7) is 2.13. The SMILES string of the molecule is CCc1cnc2nc(Cc3ccc4ncsc4c3)[nH]c2c1. The molecule has 4 nitrogen and oxygen atoms in total. The fourth-order valence-electron chi connectivity index (χ4n) is 2.47. The Morgan fingerprint density at radius 1 is 1.14 bits per heavy atom. The molecule has 5 heteroatoms. The number of pyridine rings is 1. The quantitative estimate of drug-likeness (QED) is 0.626. The van der Waals surface area contributed by atoms with E-state index in [9.17, 15) is 0 Å². The van der Waals surface area contributed by atoms with Crippen LogP contribution in [-0.4, -0.2) is 19.9 Å². The number of aromatic nitrogens is 4. The fourth-order valence-corrected chi connectivity index (χ4v) is 3.21. The van der Waals surface area contributed by atoms with Crippen molar-refractivity contribution in [3.8, 4) is 0 Å². The van der Waals surface area contributed by atoms with Gasteiger partial charge in [-0.2, -0.15) is 0 Å². The molecule has 0 saturated carbocycles. The van der Waals surface area contributed by atoms with Crippen molar-refractivity contribution < 1.29 is 0 Å². The van der Waals surface area contributed by atoms with Gasteiger partial charge < -0.3 is 4.98 Å². The summed E-state index contributed by atoms with van der Waals surface area (Å²) < 4.78 is 1.22. The molecule has 104 valence electrons. The maximum Gasteiger partial charge on any atom is 0.177 e. The van der Waals surface area contributed by atoms with E-state index in [1.807, 2.05) is 11.7 Å². The van der Waals surface area contributed by atoms with Crippen molar-refractivity contribution >= 4 is 32.7 Å². The van der Waals surface area contributed by atoms with E-state index in [-0.39, 0.29) is 0 Å². The van der Waals surface area contributed by atoms with Gasteiger partial charge in [-0.25, -0.2) is 15.0 Å². The molecule has 0 atom stereocenters. The van der Waals surface area contributed by atoms with Gasteiger partial charge in [0.05, 0.1) is 21.2 Å². The number of nitrogens with zero attached hydrogens (tertiary/aromatic N) is 3. The van der Waals surface area contributed by atoms with Crippen LogP contribution in [0.2, 0.25) is 0 Å². The van der Waals surface area contributed by atoms with E-state index in [1.54, 1.807) is 11.3 Å². The minimum atomic E-state index is 0.783. The Balaban J connectivity index is 1.69. The molecule has 0 bridgehead atoms. The molecule has 3 heterocycles. The average molecular weight is 294 g/mol. The van der Waals surface area contributed by atoms with Gasteiger partial charge >= 0.3 is 0 Å². The smallest absolute Gasteiger partial charge is 0.177 e. The number of thiazole rings is 1. The number of aryl methyl sites for hydroxylation is 1. The molecule has 0 saturated heterocycles. The highest BCUT2D eigenvalue weighted by atomic mass is 32.1. The summed E-state index contributed by atoms with van der Waals surface area (Å²) in [5, 5.41) is 0. The third-order valence-corrected chi connectivity index (χ3v) is 4.41. The van der Waals surface area contributed by atoms with E-state index < -0.39 is 0 Å². The summed E-state index contributed by atoms with van der Waals surface area (Å²) in [6.07, 6.45) is 3.67. The van der Waals surface area contributed by atoms with Crippen LogP contribution in [-0.2, 0) is 12.8 Å². The maximum atomic E-state index is 4.57. The van der Waals surface area contributed by atoms with Crippen molar-refractivity contribution in [1.82, 2.24) is 19.9 Å². The highest BCUT2D eigenvalue weighted by Crippen LogP contribution is 2.21. The van der Waals surface area contributed by atoms with Crippen LogP contribution in [0.15, 0.2) is 36.0 Å². The van der Waals surface area contributed by atoms with Crippen molar-refractivity contribution in [3.05, 3.63) is 52.9 Å². The maximum absolute atomic E-state index is 4.57. The molecule has 21 heavy (non-hydrogen) atoms. The van der Waals surface area contributed by atoms with Crippen LogP contribution in [0.5, 0.6) is 0 Å². The summed E-state index contributed by atoms with van der Waals surface area (Å²) in [5.41, 5.74) is 7.21. The molecule has 0 aliphatic carbocycles. The first-order chi connectivity index (χ1) is 10.3. The van der Waals surface area contributed by atoms with Crippen LogP contribution in [0.4, 0.5) is 0 Å². The van der Waals surface area contributed by atoms with Crippen molar-refractivity contribution in [2.75, 3.05) is 0 Å². The van der Waals surface area contributed by atoms with Gasteiger partial charge in [-0.1, -0.05) is 13.0 Å². The van der Waals surface area contributed by atoms with Gasteiger partial charge in [0.25, 0.3) is 0 Å². The Morgan fingerprint density at radius 3 is 3.00 bits per heavy atom. The lowest BCUT2D eigenvalue weighted by Crippen LogP contribution is -1.90. The summed E-state index contributed by atoms with van der Waals surface area (Å²) in [4.78, 5) is 16.7. The highest BCUT2D eigenvalue weighted by molar-refractivity contribution is 7.16. The minimum Gasteiger partial charge on any atom is -0.340 e. The van der Waals surface area contributed by atoms with Crippen LogP contribution in [0.3, 0.4) is 0 Å². The van der Waals surface area contributed by atoms with E-state index in [2.05, 4.69) is 51.1 Å². The number of fused-ring (bicyclic) bond motifs is 2. The van der Waals surface area contributed by atoms with E-state index in [4.69, 9.17) is 0 Å². The molecule has 0 aliphatic rings. The Labute approximate surface area is 125 Å². The standard InChI is InChI=1S/C16H14N4S/c1-2-10-5-13-16(17-8-10)20-15(19-13)7-11-3-4-12-14(6-11)21-9-18-12/h3-6,8-9H,2,7H2,1H3,(H,17,19,20). The molecule has 3 aromatic heterocycles. The number of hydrogen-bond donors (Lipinski definition) is 1. The fraction of sp³-hybridized carbons (Fsp3) is 0.188. The van der Waals surface area contributed by atoms with Crippen molar-refractivity contribution in [1.29, 1.82) is 0 Å². The second-order valence-electron chi connectivity index (χ2n) is 5.08. The number of aromatic amines is 1. The number of rotatable bonds is 3. The molecule has 0 amide bonds. The molecule has 0 radical (unpaired) electrons. The highest BCUT2D eigenvalue weighted by Gasteiger charge is 2.07. The van der Waals surface area contributed by atoms with E-state index >= 15 is 0 Å². The molecule has 1 N–H and O–H groups in total. The summed E-state index contributed by atoms with van der Waals surface area (Å²) in [7, 11) is 0. The molecule has 0 fully saturated rings. The first-order valence-corrected chi connectivity index (χ1v) is 7.85. The van der Waals surface area contributed by atoms with Gasteiger partial charge in [0.2, 0.25) is 0 Å². The lowest BCUT2D eigenvalue weighted by atomic mass is 10.1. The number of nitrogens with one attached hydrogen (secondary N) is 1. The molecule has 0 spiro atoms. The zero-order valence-corrected chi connectivity index (χ0v) is 12.4. The lowest BCUT2D eigenvalue weighted by Gasteiger charge is -1.98. The van der Waals surface area contributed by atoms with E-state index in [1.165, 1.54) is 15.8 Å². The second kappa shape index (κ2) is 4.93. The first kappa shape index (κ1) is 12.5. The van der Waals surface area contributed by atoms with Crippen molar-refractivity contribution in [3.63, 3.8) is 0 Å². The van der Waals surface area contributed by atoms with E-state index in [0.717, 1.165) is 35.3 Å². The van der Waals surface area contributed by atoms with Gasteiger partial charge in [-0.15, -0.1) is 11.3 Å². The molecule has 4 aromatic rings. The zero-order chi connectivity index (χ0) is 14.2. The average Bonchev–Trinajstić information content (AvgIpc) is 3.11. The normalized spacial score (nSPS) is 11.5. The predicted molar refractivity (Wildman–Crippen MR) is 85.7 cm³/mol.